The van der Waals surface area contributed by atoms with Crippen molar-refractivity contribution in [2.45, 2.75) is 38.8 Å². The first-order valence-electron chi connectivity index (χ1n) is 3.06. The maximum absolute atomic E-state index is 5.74. The van der Waals surface area contributed by atoms with Crippen LogP contribution in [-0.2, 0) is 0 Å². The largest absolute Gasteiger partial charge is 0.0995 e. The molecule has 0 aliphatic heterocycles. The summed E-state index contributed by atoms with van der Waals surface area (Å²) in [7, 11) is 0.574. The van der Waals surface area contributed by atoms with E-state index in [1.807, 2.05) is 0 Å². The molecule has 0 N–H and O–H groups in total. The lowest BCUT2D eigenvalue weighted by Crippen LogP contribution is -2.12. The molecule has 0 saturated carbocycles. The average molecular weight is 153 g/mol. The number of halogens is 1. The van der Waals surface area contributed by atoms with Gasteiger partial charge in [-0.1, -0.05) is 32.0 Å². The Balaban J connectivity index is 3.58. The summed E-state index contributed by atoms with van der Waals surface area (Å²) < 4.78 is 0. The molecule has 0 rings (SSSR count). The standard InChI is InChI=1S/C6H14ClP/c1-4-6(3,5-2)8-7/h8H,4-5H2,1-3H3. The van der Waals surface area contributed by atoms with Gasteiger partial charge in [-0.05, 0) is 25.9 Å². The lowest BCUT2D eigenvalue weighted by atomic mass is 10.1. The van der Waals surface area contributed by atoms with Crippen molar-refractivity contribution in [3.05, 3.63) is 0 Å². The monoisotopic (exact) mass is 152 g/mol. The molecule has 0 bridgehead atoms. The van der Waals surface area contributed by atoms with Gasteiger partial charge in [-0.2, -0.15) is 0 Å². The van der Waals surface area contributed by atoms with Gasteiger partial charge < -0.3 is 0 Å². The van der Waals surface area contributed by atoms with E-state index < -0.39 is 0 Å². The third kappa shape index (κ3) is 2.33. The molecule has 0 aliphatic carbocycles. The van der Waals surface area contributed by atoms with E-state index in [0.717, 1.165) is 0 Å². The van der Waals surface area contributed by atoms with Gasteiger partial charge in [0.2, 0.25) is 0 Å². The van der Waals surface area contributed by atoms with Crippen LogP contribution >= 0.6 is 19.2 Å². The van der Waals surface area contributed by atoms with E-state index in [1.165, 1.54) is 12.8 Å². The lowest BCUT2D eigenvalue weighted by Gasteiger charge is -2.22. The topological polar surface area (TPSA) is 0 Å². The van der Waals surface area contributed by atoms with Crippen molar-refractivity contribution in [1.29, 1.82) is 0 Å². The molecule has 0 aromatic rings. The molecular weight excluding hydrogens is 138 g/mol. The van der Waals surface area contributed by atoms with Gasteiger partial charge >= 0.3 is 0 Å². The molecule has 0 heterocycles. The Kier molecular flexibility index (Phi) is 4.02. The summed E-state index contributed by atoms with van der Waals surface area (Å²) in [6, 6.07) is 0. The predicted octanol–water partition coefficient (Wildman–Crippen LogP) is 3.40. The molecule has 0 nitrogen and oxygen atoms in total. The van der Waals surface area contributed by atoms with E-state index in [-0.39, 0.29) is 0 Å². The maximum Gasteiger partial charge on any atom is -0.00170 e. The van der Waals surface area contributed by atoms with E-state index in [9.17, 15) is 0 Å². The van der Waals surface area contributed by atoms with E-state index in [1.54, 1.807) is 0 Å². The molecule has 0 radical (unpaired) electrons. The van der Waals surface area contributed by atoms with Crippen LogP contribution < -0.4 is 0 Å². The van der Waals surface area contributed by atoms with Gasteiger partial charge in [-0.15, -0.1) is 0 Å². The summed E-state index contributed by atoms with van der Waals surface area (Å²) in [5, 5.41) is 0.418. The zero-order valence-electron chi connectivity index (χ0n) is 5.79. The fraction of sp³-hybridized carbons (Fsp3) is 1.00. The predicted molar refractivity (Wildman–Crippen MR) is 43.2 cm³/mol. The molecule has 50 valence electrons. The Morgan fingerprint density at radius 1 is 1.38 bits per heavy atom. The molecule has 1 unspecified atom stereocenters. The molecule has 0 spiro atoms. The first kappa shape index (κ1) is 8.72. The van der Waals surface area contributed by atoms with Gasteiger partial charge in [0.15, 0.2) is 0 Å². The molecule has 0 saturated heterocycles. The zero-order valence-corrected chi connectivity index (χ0v) is 7.55. The third-order valence-electron chi connectivity index (χ3n) is 1.79. The van der Waals surface area contributed by atoms with Crippen LogP contribution in [-0.4, -0.2) is 5.16 Å². The Morgan fingerprint density at radius 2 is 1.75 bits per heavy atom. The van der Waals surface area contributed by atoms with Crippen LogP contribution in [0, 0.1) is 0 Å². The highest BCUT2D eigenvalue weighted by molar-refractivity contribution is 7.69. The molecule has 0 aromatic heterocycles. The summed E-state index contributed by atoms with van der Waals surface area (Å²) in [6.07, 6.45) is 2.40. The SMILES string of the molecule is CCC(C)(CC)PCl. The van der Waals surface area contributed by atoms with E-state index >= 15 is 0 Å². The summed E-state index contributed by atoms with van der Waals surface area (Å²) >= 11 is 5.74. The molecule has 0 aromatic carbocycles. The first-order chi connectivity index (χ1) is 3.68. The van der Waals surface area contributed by atoms with E-state index in [4.69, 9.17) is 11.2 Å². The molecular formula is C6H14ClP. The van der Waals surface area contributed by atoms with Crippen molar-refractivity contribution in [2.24, 2.45) is 0 Å². The summed E-state index contributed by atoms with van der Waals surface area (Å²) in [5.74, 6) is 0. The van der Waals surface area contributed by atoms with E-state index in [2.05, 4.69) is 20.8 Å². The van der Waals surface area contributed by atoms with Crippen molar-refractivity contribution in [3.63, 3.8) is 0 Å². The normalized spacial score (nSPS) is 13.5. The smallest absolute Gasteiger partial charge is 0.00170 e. The quantitative estimate of drug-likeness (QED) is 0.544. The van der Waals surface area contributed by atoms with Crippen molar-refractivity contribution < 1.29 is 0 Å². The highest BCUT2D eigenvalue weighted by Gasteiger charge is 2.17. The minimum Gasteiger partial charge on any atom is -0.0995 e. The summed E-state index contributed by atoms with van der Waals surface area (Å²) in [5.41, 5.74) is 0. The average Bonchev–Trinajstić information content (AvgIpc) is 1.87. The highest BCUT2D eigenvalue weighted by atomic mass is 35.7. The Labute approximate surface area is 58.6 Å². The van der Waals surface area contributed by atoms with Gasteiger partial charge in [0.1, 0.15) is 0 Å². The Morgan fingerprint density at radius 3 is 1.75 bits per heavy atom. The number of rotatable bonds is 3. The fourth-order valence-corrected chi connectivity index (χ4v) is 1.45. The van der Waals surface area contributed by atoms with Crippen LogP contribution in [0.25, 0.3) is 0 Å². The second kappa shape index (κ2) is 3.69. The Bertz CT molecular complexity index is 51.3. The van der Waals surface area contributed by atoms with Crippen LogP contribution in [0.15, 0.2) is 0 Å². The zero-order chi connectivity index (χ0) is 6.62. The van der Waals surface area contributed by atoms with Crippen molar-refractivity contribution >= 4 is 19.2 Å². The molecule has 0 amide bonds. The van der Waals surface area contributed by atoms with Crippen LogP contribution in [0.2, 0.25) is 0 Å². The molecule has 8 heavy (non-hydrogen) atoms. The molecule has 0 aliphatic rings. The fourth-order valence-electron chi connectivity index (χ4n) is 0.384. The van der Waals surface area contributed by atoms with Crippen molar-refractivity contribution in [2.75, 3.05) is 0 Å². The van der Waals surface area contributed by atoms with Gasteiger partial charge in [0.05, 0.1) is 0 Å². The molecule has 2 heteroatoms. The maximum atomic E-state index is 5.74. The molecule has 1 atom stereocenters. The second-order valence-corrected chi connectivity index (χ2v) is 4.33. The third-order valence-corrected chi connectivity index (χ3v) is 4.32. The van der Waals surface area contributed by atoms with Crippen LogP contribution in [0.1, 0.15) is 33.6 Å². The highest BCUT2D eigenvalue weighted by Crippen LogP contribution is 2.40. The summed E-state index contributed by atoms with van der Waals surface area (Å²) in [4.78, 5) is 0. The second-order valence-electron chi connectivity index (χ2n) is 2.36. The lowest BCUT2D eigenvalue weighted by molar-refractivity contribution is 0.597. The van der Waals surface area contributed by atoms with Gasteiger partial charge in [0, 0.05) is 0 Å². The van der Waals surface area contributed by atoms with E-state index in [0.29, 0.717) is 13.1 Å². The van der Waals surface area contributed by atoms with Crippen LogP contribution in [0.4, 0.5) is 0 Å². The van der Waals surface area contributed by atoms with Crippen LogP contribution in [0.3, 0.4) is 0 Å². The Hall–Kier alpha value is 0.720. The number of hydrogen-bond donors (Lipinski definition) is 0. The molecule has 0 fully saturated rings. The summed E-state index contributed by atoms with van der Waals surface area (Å²) in [6.45, 7) is 6.62. The van der Waals surface area contributed by atoms with Crippen LogP contribution in [0.5, 0.6) is 0 Å². The van der Waals surface area contributed by atoms with Crippen molar-refractivity contribution in [1.82, 2.24) is 0 Å². The first-order valence-corrected chi connectivity index (χ1v) is 5.07. The minimum atomic E-state index is 0.418. The number of hydrogen-bond acceptors (Lipinski definition) is 0. The minimum absolute atomic E-state index is 0.418. The van der Waals surface area contributed by atoms with Gasteiger partial charge in [-0.3, -0.25) is 0 Å². The van der Waals surface area contributed by atoms with Crippen molar-refractivity contribution in [3.8, 4) is 0 Å². The van der Waals surface area contributed by atoms with Gasteiger partial charge in [0.25, 0.3) is 0 Å². The van der Waals surface area contributed by atoms with Gasteiger partial charge in [-0.25, -0.2) is 0 Å².